The molecular formula is C15H23N3O2. The average Bonchev–Trinajstić information content (AvgIpc) is 3.01. The van der Waals surface area contributed by atoms with Crippen molar-refractivity contribution in [2.24, 2.45) is 0 Å². The number of hydrogen-bond acceptors (Lipinski definition) is 3. The summed E-state index contributed by atoms with van der Waals surface area (Å²) >= 11 is 0. The topological polar surface area (TPSA) is 48.6 Å². The summed E-state index contributed by atoms with van der Waals surface area (Å²) in [7, 11) is 0. The first kappa shape index (κ1) is 13.6. The Labute approximate surface area is 119 Å². The van der Waals surface area contributed by atoms with Crippen molar-refractivity contribution >= 4 is 5.91 Å². The van der Waals surface area contributed by atoms with Crippen LogP contribution in [0.2, 0.25) is 0 Å². The average molecular weight is 277 g/mol. The Morgan fingerprint density at radius 3 is 2.80 bits per heavy atom. The number of ether oxygens (including phenoxy) is 1. The van der Waals surface area contributed by atoms with Gasteiger partial charge in [0.1, 0.15) is 5.69 Å². The second-order valence-electron chi connectivity index (χ2n) is 5.78. The van der Waals surface area contributed by atoms with Gasteiger partial charge in [-0.05, 0) is 31.9 Å². The van der Waals surface area contributed by atoms with E-state index in [0.717, 1.165) is 45.6 Å². The van der Waals surface area contributed by atoms with Crippen LogP contribution in [0.5, 0.6) is 0 Å². The molecule has 0 spiro atoms. The third kappa shape index (κ3) is 2.88. The fourth-order valence-corrected chi connectivity index (χ4v) is 3.24. The first-order valence-corrected chi connectivity index (χ1v) is 7.52. The van der Waals surface area contributed by atoms with Gasteiger partial charge in [-0.3, -0.25) is 9.69 Å². The molecule has 0 aliphatic carbocycles. The number of H-pyrrole nitrogens is 1. The maximum atomic E-state index is 12.3. The number of carbonyl (C=O) groups excluding carboxylic acids is 1. The summed E-state index contributed by atoms with van der Waals surface area (Å²) in [6.07, 6.45) is 4.27. The number of likely N-dealkylation sites (tertiary alicyclic amines) is 1. The van der Waals surface area contributed by atoms with Gasteiger partial charge in [0.15, 0.2) is 0 Å². The maximum Gasteiger partial charge on any atom is 0.270 e. The number of carbonyl (C=O) groups is 1. The van der Waals surface area contributed by atoms with E-state index in [1.807, 2.05) is 17.0 Å². The van der Waals surface area contributed by atoms with Crippen LogP contribution in [-0.4, -0.2) is 65.6 Å². The highest BCUT2D eigenvalue weighted by atomic mass is 16.5. The molecule has 3 rings (SSSR count). The van der Waals surface area contributed by atoms with Crippen LogP contribution in [0.1, 0.15) is 30.3 Å². The van der Waals surface area contributed by atoms with Crippen LogP contribution in [0.4, 0.5) is 0 Å². The minimum absolute atomic E-state index is 0.129. The number of rotatable bonds is 2. The van der Waals surface area contributed by atoms with Crippen molar-refractivity contribution in [1.29, 1.82) is 0 Å². The molecule has 20 heavy (non-hydrogen) atoms. The summed E-state index contributed by atoms with van der Waals surface area (Å²) < 4.78 is 5.60. The molecular weight excluding hydrogens is 254 g/mol. The molecule has 0 bridgehead atoms. The van der Waals surface area contributed by atoms with E-state index in [9.17, 15) is 4.79 Å². The van der Waals surface area contributed by atoms with Gasteiger partial charge in [0.25, 0.3) is 5.91 Å². The summed E-state index contributed by atoms with van der Waals surface area (Å²) in [5, 5.41) is 0. The lowest BCUT2D eigenvalue weighted by molar-refractivity contribution is -0.0423. The monoisotopic (exact) mass is 277 g/mol. The van der Waals surface area contributed by atoms with Crippen LogP contribution in [0.15, 0.2) is 18.3 Å². The standard InChI is InChI=1S/C15H23N3O2/c1-12-11-18(9-10-20-12)13-4-7-17(8-5-13)15(19)14-3-2-6-16-14/h2-3,6,12-13,16H,4-5,7-11H2,1H3. The molecule has 110 valence electrons. The summed E-state index contributed by atoms with van der Waals surface area (Å²) in [5.74, 6) is 0.129. The van der Waals surface area contributed by atoms with Crippen molar-refractivity contribution in [3.05, 3.63) is 24.0 Å². The number of nitrogens with zero attached hydrogens (tertiary/aromatic N) is 2. The molecule has 0 aromatic carbocycles. The summed E-state index contributed by atoms with van der Waals surface area (Å²) in [6, 6.07) is 4.32. The highest BCUT2D eigenvalue weighted by Gasteiger charge is 2.29. The van der Waals surface area contributed by atoms with Gasteiger partial charge in [-0.15, -0.1) is 0 Å². The van der Waals surface area contributed by atoms with E-state index >= 15 is 0 Å². The van der Waals surface area contributed by atoms with E-state index in [2.05, 4.69) is 16.8 Å². The second-order valence-corrected chi connectivity index (χ2v) is 5.78. The van der Waals surface area contributed by atoms with Crippen LogP contribution in [0.25, 0.3) is 0 Å². The van der Waals surface area contributed by atoms with Crippen molar-refractivity contribution in [2.45, 2.75) is 31.9 Å². The van der Waals surface area contributed by atoms with Crippen molar-refractivity contribution < 1.29 is 9.53 Å². The highest BCUT2D eigenvalue weighted by Crippen LogP contribution is 2.20. The van der Waals surface area contributed by atoms with Crippen LogP contribution < -0.4 is 0 Å². The molecule has 1 N–H and O–H groups in total. The Balaban J connectivity index is 1.53. The zero-order valence-corrected chi connectivity index (χ0v) is 12.0. The largest absolute Gasteiger partial charge is 0.376 e. The molecule has 0 saturated carbocycles. The van der Waals surface area contributed by atoms with Crippen molar-refractivity contribution in [2.75, 3.05) is 32.8 Å². The maximum absolute atomic E-state index is 12.3. The van der Waals surface area contributed by atoms with E-state index in [4.69, 9.17) is 4.74 Å². The van der Waals surface area contributed by atoms with Crippen LogP contribution in [0, 0.1) is 0 Å². The highest BCUT2D eigenvalue weighted by molar-refractivity contribution is 5.92. The normalized spacial score (nSPS) is 25.9. The van der Waals surface area contributed by atoms with Gasteiger partial charge in [-0.25, -0.2) is 0 Å². The van der Waals surface area contributed by atoms with Crippen LogP contribution in [0.3, 0.4) is 0 Å². The third-order valence-electron chi connectivity index (χ3n) is 4.37. The van der Waals surface area contributed by atoms with Crippen molar-refractivity contribution in [1.82, 2.24) is 14.8 Å². The van der Waals surface area contributed by atoms with Crippen LogP contribution in [-0.2, 0) is 4.74 Å². The van der Waals surface area contributed by atoms with E-state index < -0.39 is 0 Å². The van der Waals surface area contributed by atoms with Crippen molar-refractivity contribution in [3.63, 3.8) is 0 Å². The van der Waals surface area contributed by atoms with Gasteiger partial charge in [-0.1, -0.05) is 0 Å². The predicted octanol–water partition coefficient (Wildman–Crippen LogP) is 1.34. The number of piperidine rings is 1. The summed E-state index contributed by atoms with van der Waals surface area (Å²) in [4.78, 5) is 19.8. The molecule has 5 nitrogen and oxygen atoms in total. The molecule has 1 amide bonds. The van der Waals surface area contributed by atoms with Gasteiger partial charge in [0.05, 0.1) is 12.7 Å². The number of aromatic amines is 1. The molecule has 3 heterocycles. The Morgan fingerprint density at radius 1 is 1.35 bits per heavy atom. The number of nitrogens with one attached hydrogen (secondary N) is 1. The molecule has 2 saturated heterocycles. The first-order chi connectivity index (χ1) is 9.74. The number of hydrogen-bond donors (Lipinski definition) is 1. The number of morpholine rings is 1. The fraction of sp³-hybridized carbons (Fsp3) is 0.667. The van der Waals surface area contributed by atoms with Gasteiger partial charge >= 0.3 is 0 Å². The van der Waals surface area contributed by atoms with E-state index in [1.165, 1.54) is 0 Å². The molecule has 1 atom stereocenters. The molecule has 2 aliphatic rings. The minimum atomic E-state index is 0.129. The zero-order chi connectivity index (χ0) is 13.9. The molecule has 2 aliphatic heterocycles. The smallest absolute Gasteiger partial charge is 0.270 e. The Bertz CT molecular complexity index is 438. The number of aromatic nitrogens is 1. The summed E-state index contributed by atoms with van der Waals surface area (Å²) in [5.41, 5.74) is 0.698. The quantitative estimate of drug-likeness (QED) is 0.887. The Kier molecular flexibility index (Phi) is 4.08. The lowest BCUT2D eigenvalue weighted by atomic mass is 10.0. The molecule has 1 aromatic rings. The Morgan fingerprint density at radius 2 is 2.15 bits per heavy atom. The minimum Gasteiger partial charge on any atom is -0.376 e. The van der Waals surface area contributed by atoms with Gasteiger partial charge in [-0.2, -0.15) is 0 Å². The van der Waals surface area contributed by atoms with E-state index in [0.29, 0.717) is 17.8 Å². The van der Waals surface area contributed by atoms with Gasteiger partial charge in [0.2, 0.25) is 0 Å². The lowest BCUT2D eigenvalue weighted by Gasteiger charge is -2.41. The molecule has 1 aromatic heterocycles. The van der Waals surface area contributed by atoms with Gasteiger partial charge < -0.3 is 14.6 Å². The van der Waals surface area contributed by atoms with Crippen molar-refractivity contribution in [3.8, 4) is 0 Å². The third-order valence-corrected chi connectivity index (χ3v) is 4.37. The lowest BCUT2D eigenvalue weighted by Crippen LogP contribution is -2.51. The second kappa shape index (κ2) is 5.97. The Hall–Kier alpha value is -1.33. The predicted molar refractivity (Wildman–Crippen MR) is 76.7 cm³/mol. The first-order valence-electron chi connectivity index (χ1n) is 7.52. The molecule has 5 heteroatoms. The van der Waals surface area contributed by atoms with E-state index in [1.54, 1.807) is 6.20 Å². The summed E-state index contributed by atoms with van der Waals surface area (Å²) in [6.45, 7) is 6.73. The molecule has 2 fully saturated rings. The van der Waals surface area contributed by atoms with Crippen LogP contribution >= 0.6 is 0 Å². The SMILES string of the molecule is CC1CN(C2CCN(C(=O)c3ccc[nH]3)CC2)CCO1. The molecule has 1 unspecified atom stereocenters. The molecule has 0 radical (unpaired) electrons. The zero-order valence-electron chi connectivity index (χ0n) is 12.0. The fourth-order valence-electron chi connectivity index (χ4n) is 3.24. The number of amides is 1. The van der Waals surface area contributed by atoms with Gasteiger partial charge in [0, 0.05) is 38.4 Å². The van der Waals surface area contributed by atoms with E-state index in [-0.39, 0.29) is 5.91 Å².